The number of hydrogen-bond acceptors (Lipinski definition) is 6. The summed E-state index contributed by atoms with van der Waals surface area (Å²) in [5, 5.41) is 17.1. The molecule has 3 heterocycles. The Bertz CT molecular complexity index is 1580. The van der Waals surface area contributed by atoms with Gasteiger partial charge in [0, 0.05) is 28.5 Å². The molecule has 2 atom stereocenters. The smallest absolute Gasteiger partial charge is 0.252 e. The van der Waals surface area contributed by atoms with E-state index in [9.17, 15) is 9.90 Å². The largest absolute Gasteiger partial charge is 0.457 e. The van der Waals surface area contributed by atoms with Gasteiger partial charge in [-0.2, -0.15) is 0 Å². The van der Waals surface area contributed by atoms with Crippen molar-refractivity contribution < 1.29 is 27.6 Å². The molecule has 5 rings (SSSR count). The third kappa shape index (κ3) is 3.86. The molecule has 34 heavy (non-hydrogen) atoms. The number of H-pyrrole nitrogens is 1. The molecule has 0 bridgehead atoms. The molecule has 0 saturated heterocycles. The molecule has 0 saturated carbocycles. The fourth-order valence-corrected chi connectivity index (χ4v) is 4.13. The van der Waals surface area contributed by atoms with Crippen LogP contribution < -0.4 is 15.4 Å². The van der Waals surface area contributed by atoms with Gasteiger partial charge < -0.3 is 30.2 Å². The van der Waals surface area contributed by atoms with Crippen LogP contribution in [0.1, 0.15) is 32.3 Å². The molecule has 0 radical (unpaired) electrons. The zero-order valence-electron chi connectivity index (χ0n) is 23.6. The maximum atomic E-state index is 13.1. The number of methoxy groups -OCH3 is 1. The normalized spacial score (nSPS) is 21.5. The molecule has 4 aromatic rings. The first-order valence-corrected chi connectivity index (χ1v) is 10.6. The second-order valence-corrected chi connectivity index (χ2v) is 8.20. The number of ether oxygens (including phenoxy) is 2. The Morgan fingerprint density at radius 1 is 1.21 bits per heavy atom. The van der Waals surface area contributed by atoms with Crippen LogP contribution in [0.2, 0.25) is 5.02 Å². The SMILES string of the molecule is [2H]C([2H])([2H])OC[C@]1(C([2H])([2H])[2H])Nc2c(cnc3[nH]cc(C(O)c4ccc(Oc5ccccc5)cc4Cl)c23)NC1=O. The maximum absolute atomic E-state index is 13.1. The number of carbonyl (C=O) groups is 1. The third-order valence-corrected chi connectivity index (χ3v) is 5.86. The predicted octanol–water partition coefficient (Wildman–Crippen LogP) is 4.86. The van der Waals surface area contributed by atoms with E-state index in [0.29, 0.717) is 17.1 Å². The highest BCUT2D eigenvalue weighted by atomic mass is 35.5. The van der Waals surface area contributed by atoms with E-state index in [1.165, 1.54) is 12.4 Å². The first-order valence-electron chi connectivity index (χ1n) is 13.2. The number of aromatic nitrogens is 2. The number of nitrogens with zero attached hydrogens (tertiary/aromatic N) is 1. The van der Waals surface area contributed by atoms with Crippen LogP contribution in [0, 0.1) is 0 Å². The van der Waals surface area contributed by atoms with Gasteiger partial charge in [-0.25, -0.2) is 4.98 Å². The first kappa shape index (κ1) is 16.1. The van der Waals surface area contributed by atoms with E-state index >= 15 is 0 Å². The molecule has 1 amide bonds. The molecule has 1 aliphatic heterocycles. The minimum Gasteiger partial charge on any atom is -0.457 e. The number of carbonyl (C=O) groups excluding carboxylic acids is 1. The van der Waals surface area contributed by atoms with Crippen molar-refractivity contribution >= 4 is 39.9 Å². The van der Waals surface area contributed by atoms with Crippen molar-refractivity contribution in [3.05, 3.63) is 77.1 Å². The summed E-state index contributed by atoms with van der Waals surface area (Å²) in [6.45, 7) is -4.01. The van der Waals surface area contributed by atoms with Gasteiger partial charge in [-0.1, -0.05) is 35.9 Å². The van der Waals surface area contributed by atoms with Crippen molar-refractivity contribution in [3.8, 4) is 11.5 Å². The molecule has 0 aliphatic carbocycles. The number of pyridine rings is 1. The maximum Gasteiger partial charge on any atom is 0.252 e. The van der Waals surface area contributed by atoms with Crippen molar-refractivity contribution in [3.63, 3.8) is 0 Å². The number of aliphatic hydroxyl groups is 1. The van der Waals surface area contributed by atoms with Crippen LogP contribution in [0.25, 0.3) is 11.0 Å². The quantitative estimate of drug-likeness (QED) is 0.311. The Labute approximate surface area is 209 Å². The lowest BCUT2D eigenvalue weighted by Gasteiger charge is -2.35. The molecule has 4 N–H and O–H groups in total. The first-order chi connectivity index (χ1) is 18.8. The lowest BCUT2D eigenvalue weighted by atomic mass is 9.95. The number of aromatic amines is 1. The molecule has 2 aromatic heterocycles. The van der Waals surface area contributed by atoms with Crippen LogP contribution in [-0.4, -0.2) is 40.2 Å². The van der Waals surface area contributed by atoms with Gasteiger partial charge in [0.1, 0.15) is 28.8 Å². The highest BCUT2D eigenvalue weighted by Gasteiger charge is 2.39. The zero-order chi connectivity index (χ0) is 28.9. The van der Waals surface area contributed by atoms with Gasteiger partial charge in [0.2, 0.25) is 0 Å². The van der Waals surface area contributed by atoms with Gasteiger partial charge in [0.25, 0.3) is 5.91 Å². The Balaban J connectivity index is 1.54. The number of rotatable bonds is 6. The third-order valence-electron chi connectivity index (χ3n) is 5.53. The lowest BCUT2D eigenvalue weighted by Crippen LogP contribution is -2.53. The number of benzene rings is 2. The summed E-state index contributed by atoms with van der Waals surface area (Å²) >= 11 is 6.53. The number of halogens is 1. The average molecular weight is 485 g/mol. The second-order valence-electron chi connectivity index (χ2n) is 7.79. The van der Waals surface area contributed by atoms with Gasteiger partial charge >= 0.3 is 0 Å². The van der Waals surface area contributed by atoms with Crippen molar-refractivity contribution in [2.75, 3.05) is 24.3 Å². The second kappa shape index (κ2) is 8.64. The predicted molar refractivity (Wildman–Crippen MR) is 131 cm³/mol. The number of fused-ring (bicyclic) bond motifs is 3. The highest BCUT2D eigenvalue weighted by Crippen LogP contribution is 2.42. The molecular formula is C25H23ClN4O4. The van der Waals surface area contributed by atoms with Crippen molar-refractivity contribution in [1.82, 2.24) is 9.97 Å². The number of amides is 1. The summed E-state index contributed by atoms with van der Waals surface area (Å²) in [4.78, 5) is 20.3. The van der Waals surface area contributed by atoms with Crippen LogP contribution >= 0.6 is 11.6 Å². The van der Waals surface area contributed by atoms with E-state index in [-0.39, 0.29) is 33.0 Å². The summed E-state index contributed by atoms with van der Waals surface area (Å²) in [7, 11) is -2.95. The van der Waals surface area contributed by atoms with E-state index in [1.54, 1.807) is 30.3 Å². The Morgan fingerprint density at radius 2 is 2.06 bits per heavy atom. The topological polar surface area (TPSA) is 108 Å². The summed E-state index contributed by atoms with van der Waals surface area (Å²) in [5.41, 5.74) is -1.32. The van der Waals surface area contributed by atoms with Crippen LogP contribution in [0.5, 0.6) is 11.5 Å². The van der Waals surface area contributed by atoms with Gasteiger partial charge in [0.15, 0.2) is 0 Å². The van der Waals surface area contributed by atoms with E-state index in [0.717, 1.165) is 0 Å². The van der Waals surface area contributed by atoms with Crippen molar-refractivity contribution in [1.29, 1.82) is 0 Å². The van der Waals surface area contributed by atoms with Crippen LogP contribution in [0.3, 0.4) is 0 Å². The van der Waals surface area contributed by atoms with E-state index < -0.39 is 38.0 Å². The molecule has 1 unspecified atom stereocenters. The molecule has 2 aromatic carbocycles. The van der Waals surface area contributed by atoms with E-state index in [4.69, 9.17) is 29.3 Å². The van der Waals surface area contributed by atoms with E-state index in [2.05, 4.69) is 20.6 Å². The van der Waals surface area contributed by atoms with Gasteiger partial charge in [-0.05, 0) is 31.1 Å². The molecule has 0 fully saturated rings. The van der Waals surface area contributed by atoms with Crippen LogP contribution in [-0.2, 0) is 9.53 Å². The molecule has 1 aliphatic rings. The number of hydrogen-bond donors (Lipinski definition) is 4. The van der Waals surface area contributed by atoms with E-state index in [1.807, 2.05) is 18.2 Å². The zero-order valence-corrected chi connectivity index (χ0v) is 18.3. The molecular weight excluding hydrogens is 456 g/mol. The fourth-order valence-electron chi connectivity index (χ4n) is 3.85. The summed E-state index contributed by atoms with van der Waals surface area (Å²) in [6.07, 6.45) is 1.49. The molecule has 8 nitrogen and oxygen atoms in total. The molecule has 0 spiro atoms. The Morgan fingerprint density at radius 3 is 2.82 bits per heavy atom. The summed E-state index contributed by atoms with van der Waals surface area (Å²) < 4.78 is 56.8. The van der Waals surface area contributed by atoms with Crippen molar-refractivity contribution in [2.45, 2.75) is 18.5 Å². The number of nitrogens with one attached hydrogen (secondary N) is 3. The van der Waals surface area contributed by atoms with Crippen LogP contribution in [0.15, 0.2) is 60.9 Å². The Hall–Kier alpha value is -3.59. The number of aliphatic hydroxyl groups excluding tert-OH is 1. The minimum atomic E-state index is -3.03. The fraction of sp³-hybridized carbons (Fsp3) is 0.200. The monoisotopic (exact) mass is 484 g/mol. The summed E-state index contributed by atoms with van der Waals surface area (Å²) in [5.74, 6) is 0.0424. The number of para-hydroxylation sites is 1. The summed E-state index contributed by atoms with van der Waals surface area (Å²) in [6, 6.07) is 13.9. The van der Waals surface area contributed by atoms with Crippen molar-refractivity contribution in [2.24, 2.45) is 0 Å². The number of anilines is 2. The molecule has 9 heteroatoms. The average Bonchev–Trinajstić information content (AvgIpc) is 3.31. The van der Waals surface area contributed by atoms with Gasteiger partial charge in [-0.3, -0.25) is 4.79 Å². The lowest BCUT2D eigenvalue weighted by molar-refractivity contribution is -0.121. The van der Waals surface area contributed by atoms with Gasteiger partial charge in [0.05, 0.1) is 38.7 Å². The Kier molecular flexibility index (Phi) is 4.09. The minimum absolute atomic E-state index is 0.116. The highest BCUT2D eigenvalue weighted by molar-refractivity contribution is 6.31. The van der Waals surface area contributed by atoms with Crippen LogP contribution in [0.4, 0.5) is 11.4 Å². The standard InChI is InChI=1S/C25H23ClN4O4/c1-25(13-33-2)24(32)29-19-12-28-23-20(21(19)30-25)17(11-27-23)22(31)16-9-8-15(10-18(16)26)34-14-6-4-3-5-7-14/h3-12,22,30-31H,13H2,1-2H3,(H,27,28)(H,29,32)/t22?,25-/m0/s1/i1D3,2D3. The van der Waals surface area contributed by atoms with Gasteiger partial charge in [-0.15, -0.1) is 0 Å². The molecule has 174 valence electrons.